The number of hydrogen-bond donors (Lipinski definition) is 2. The maximum Gasteiger partial charge on any atom is 0.387 e. The van der Waals surface area contributed by atoms with Crippen LogP contribution in [0.4, 0.5) is 14.5 Å². The molecule has 0 spiro atoms. The van der Waals surface area contributed by atoms with Gasteiger partial charge in [0, 0.05) is 17.5 Å². The van der Waals surface area contributed by atoms with Crippen molar-refractivity contribution in [3.8, 4) is 17.2 Å². The highest BCUT2D eigenvalue weighted by atomic mass is 35.5. The highest BCUT2D eigenvalue weighted by molar-refractivity contribution is 7.80. The monoisotopic (exact) mass is 843 g/mol. The molecule has 0 radical (unpaired) electrons. The number of carbonyl (C=O) groups excluding carboxylic acids is 3. The van der Waals surface area contributed by atoms with Gasteiger partial charge in [0.05, 0.1) is 18.9 Å². The molecule has 3 aromatic rings. The van der Waals surface area contributed by atoms with Crippen molar-refractivity contribution in [2.45, 2.75) is 71.2 Å². The number of hydrogen-bond acceptors (Lipinski definition) is 10. The van der Waals surface area contributed by atoms with Crippen LogP contribution in [0.15, 0.2) is 48.8 Å². The lowest BCUT2D eigenvalue weighted by Crippen LogP contribution is -2.36. The molecule has 14 nitrogen and oxygen atoms in total. The van der Waals surface area contributed by atoms with Crippen LogP contribution in [0.3, 0.4) is 0 Å². The van der Waals surface area contributed by atoms with Gasteiger partial charge >= 0.3 is 18.6 Å². The standard InChI is InChI=1S/C37H41Cl2F2N3O11S/c1-37(2,3)55-34(46)18-44(56(49)50)28-10-8-24(13-31(28)51-19-21-4-5-21)35(47)42-15-33(45)53-30(14-25-26(38)16-43(48)17-27(25)39)23-9-11-29(54-36(40)41)32(12-23)52-20-22-6-7-22/h8-13,16-17,21-22,30,36H,4-7,14-15,18-20H2,1-3H3,(H,42,47)(H,49,50). The maximum atomic E-state index is 13.3. The molecule has 2 N–H and O–H groups in total. The molecule has 2 aliphatic rings. The number of aromatic nitrogens is 1. The van der Waals surface area contributed by atoms with Crippen LogP contribution in [0.1, 0.15) is 74.0 Å². The van der Waals surface area contributed by atoms with Crippen LogP contribution >= 0.6 is 23.2 Å². The molecule has 2 saturated carbocycles. The number of nitrogens with one attached hydrogen (secondary N) is 1. The smallest absolute Gasteiger partial charge is 0.387 e. The second kappa shape index (κ2) is 18.7. The van der Waals surface area contributed by atoms with Crippen LogP contribution in [-0.2, 0) is 36.8 Å². The molecule has 2 fully saturated rings. The third kappa shape index (κ3) is 12.8. The SMILES string of the molecule is CC(C)(C)OC(=O)CN(c1ccc(C(=O)NCC(=O)OC(Cc2c(Cl)c[n+]([O-])cc2Cl)c2ccc(OC(F)F)c(OCC3CC3)c2)cc1OCC1CC1)S(=O)O. The van der Waals surface area contributed by atoms with Gasteiger partial charge in [-0.25, -0.2) is 4.21 Å². The molecule has 56 heavy (non-hydrogen) atoms. The molecule has 19 heteroatoms. The molecule has 0 saturated heterocycles. The summed E-state index contributed by atoms with van der Waals surface area (Å²) in [6, 6.07) is 8.03. The highest BCUT2D eigenvalue weighted by Crippen LogP contribution is 2.38. The summed E-state index contributed by atoms with van der Waals surface area (Å²) in [4.78, 5) is 39.2. The van der Waals surface area contributed by atoms with Crippen LogP contribution in [0.25, 0.3) is 0 Å². The zero-order valence-corrected chi connectivity index (χ0v) is 33.0. The van der Waals surface area contributed by atoms with Gasteiger partial charge in [-0.15, -0.1) is 0 Å². The average Bonchev–Trinajstić information content (AvgIpc) is 4.04. The Bertz CT molecular complexity index is 1920. The second-order valence-corrected chi connectivity index (χ2v) is 16.0. The predicted octanol–water partition coefficient (Wildman–Crippen LogP) is 6.35. The zero-order chi connectivity index (χ0) is 40.7. The molecule has 1 amide bonds. The normalized spacial score (nSPS) is 15.1. The lowest BCUT2D eigenvalue weighted by molar-refractivity contribution is -0.605. The summed E-state index contributed by atoms with van der Waals surface area (Å²) in [5, 5.41) is 14.3. The topological polar surface area (TPSA) is 177 Å². The lowest BCUT2D eigenvalue weighted by atomic mass is 10.0. The van der Waals surface area contributed by atoms with E-state index in [0.29, 0.717) is 4.73 Å². The molecule has 304 valence electrons. The van der Waals surface area contributed by atoms with E-state index in [1.54, 1.807) is 20.8 Å². The van der Waals surface area contributed by atoms with E-state index < -0.39 is 60.5 Å². The van der Waals surface area contributed by atoms with Gasteiger partial charge in [0.25, 0.3) is 17.2 Å². The summed E-state index contributed by atoms with van der Waals surface area (Å²) < 4.78 is 77.6. The van der Waals surface area contributed by atoms with Gasteiger partial charge in [0.1, 0.15) is 40.6 Å². The van der Waals surface area contributed by atoms with E-state index in [0.717, 1.165) is 42.4 Å². The molecule has 5 rings (SSSR count). The fourth-order valence-electron chi connectivity index (χ4n) is 5.30. The fraction of sp³-hybridized carbons (Fsp3) is 0.459. The Balaban J connectivity index is 1.34. The molecule has 1 heterocycles. The summed E-state index contributed by atoms with van der Waals surface area (Å²) in [6.45, 7) is 1.12. The van der Waals surface area contributed by atoms with E-state index in [1.807, 2.05) is 0 Å². The number of alkyl halides is 2. The number of benzene rings is 2. The zero-order valence-electron chi connectivity index (χ0n) is 30.6. The number of esters is 2. The Morgan fingerprint density at radius 3 is 2.16 bits per heavy atom. The van der Waals surface area contributed by atoms with Crippen LogP contribution in [-0.4, -0.2) is 65.1 Å². The Morgan fingerprint density at radius 1 is 0.964 bits per heavy atom. The van der Waals surface area contributed by atoms with Crippen molar-refractivity contribution >= 4 is 58.0 Å². The molecular weight excluding hydrogens is 803 g/mol. The number of amides is 1. The Hall–Kier alpha value is -4.45. The number of halogens is 4. The fourth-order valence-corrected chi connectivity index (χ4v) is 6.43. The van der Waals surface area contributed by atoms with Crippen LogP contribution < -0.4 is 28.6 Å². The highest BCUT2D eigenvalue weighted by Gasteiger charge is 2.29. The van der Waals surface area contributed by atoms with Crippen molar-refractivity contribution in [1.82, 2.24) is 5.32 Å². The first kappa shape index (κ1) is 42.7. The summed E-state index contributed by atoms with van der Waals surface area (Å²) in [7, 11) is 0. The minimum absolute atomic E-state index is 0.00967. The van der Waals surface area contributed by atoms with Crippen LogP contribution in [0, 0.1) is 17.0 Å². The van der Waals surface area contributed by atoms with Crippen LogP contribution in [0.5, 0.6) is 17.2 Å². The van der Waals surface area contributed by atoms with Gasteiger partial charge in [-0.05, 0) is 94.2 Å². The molecule has 0 bridgehead atoms. The second-order valence-electron chi connectivity index (χ2n) is 14.3. The molecule has 2 aromatic carbocycles. The Morgan fingerprint density at radius 2 is 1.59 bits per heavy atom. The minimum Gasteiger partial charge on any atom is -0.619 e. The van der Waals surface area contributed by atoms with Crippen molar-refractivity contribution in [3.05, 3.63) is 80.7 Å². The van der Waals surface area contributed by atoms with Crippen molar-refractivity contribution in [2.75, 3.05) is 30.6 Å². The lowest BCUT2D eigenvalue weighted by Gasteiger charge is -2.25. The van der Waals surface area contributed by atoms with Gasteiger partial charge in [-0.2, -0.15) is 13.5 Å². The van der Waals surface area contributed by atoms with Crippen molar-refractivity contribution in [3.63, 3.8) is 0 Å². The molecule has 1 aromatic heterocycles. The number of anilines is 1. The van der Waals surface area contributed by atoms with Crippen LogP contribution in [0.2, 0.25) is 10.0 Å². The van der Waals surface area contributed by atoms with Gasteiger partial charge in [-0.1, -0.05) is 29.3 Å². The van der Waals surface area contributed by atoms with E-state index in [4.69, 9.17) is 42.1 Å². The third-order valence-electron chi connectivity index (χ3n) is 8.38. The summed E-state index contributed by atoms with van der Waals surface area (Å²) in [6.07, 6.45) is 4.50. The number of carbonyl (C=O) groups is 3. The van der Waals surface area contributed by atoms with Gasteiger partial charge in [0.15, 0.2) is 23.9 Å². The van der Waals surface area contributed by atoms with Gasteiger partial charge in [-0.3, -0.25) is 23.2 Å². The van der Waals surface area contributed by atoms with E-state index >= 15 is 0 Å². The summed E-state index contributed by atoms with van der Waals surface area (Å²) in [5.41, 5.74) is -0.236. The van der Waals surface area contributed by atoms with E-state index in [-0.39, 0.29) is 81.1 Å². The van der Waals surface area contributed by atoms with Crippen molar-refractivity contribution in [2.24, 2.45) is 11.8 Å². The number of rotatable bonds is 19. The predicted molar refractivity (Wildman–Crippen MR) is 200 cm³/mol. The summed E-state index contributed by atoms with van der Waals surface area (Å²) in [5.74, 6) is -2.08. The first-order valence-corrected chi connectivity index (χ1v) is 19.4. The largest absolute Gasteiger partial charge is 0.619 e. The molecule has 2 atom stereocenters. The van der Waals surface area contributed by atoms with E-state index in [1.165, 1.54) is 36.4 Å². The Kier molecular flexibility index (Phi) is 14.2. The van der Waals surface area contributed by atoms with Gasteiger partial charge < -0.3 is 34.2 Å². The van der Waals surface area contributed by atoms with E-state index in [2.05, 4.69) is 10.1 Å². The van der Waals surface area contributed by atoms with Crippen molar-refractivity contribution < 1.29 is 60.3 Å². The van der Waals surface area contributed by atoms with E-state index in [9.17, 15) is 37.1 Å². The molecule has 2 aliphatic carbocycles. The first-order chi connectivity index (χ1) is 26.4. The number of pyridine rings is 1. The Labute approximate surface area is 334 Å². The number of nitrogens with zero attached hydrogens (tertiary/aromatic N) is 2. The van der Waals surface area contributed by atoms with Gasteiger partial charge in [0.2, 0.25) is 0 Å². The quantitative estimate of drug-likeness (QED) is 0.0596. The van der Waals surface area contributed by atoms with Crippen molar-refractivity contribution in [1.29, 1.82) is 0 Å². The maximum absolute atomic E-state index is 13.3. The summed E-state index contributed by atoms with van der Waals surface area (Å²) >= 11 is 9.99. The minimum atomic E-state index is -3.13. The number of ether oxygens (including phenoxy) is 5. The average molecular weight is 845 g/mol. The first-order valence-electron chi connectivity index (χ1n) is 17.6. The third-order valence-corrected chi connectivity index (χ3v) is 9.74. The molecule has 2 unspecified atom stereocenters. The molecule has 0 aliphatic heterocycles. The molecular formula is C37H41Cl2F2N3O11S.